The summed E-state index contributed by atoms with van der Waals surface area (Å²) in [5.74, 6) is -4.81. The summed E-state index contributed by atoms with van der Waals surface area (Å²) >= 11 is 5.40. The van der Waals surface area contributed by atoms with Gasteiger partial charge in [0, 0.05) is 6.42 Å². The summed E-state index contributed by atoms with van der Waals surface area (Å²) in [6, 6.07) is 1.01. The number of aliphatic carboxylic acids is 1. The smallest absolute Gasteiger partial charge is 0.303 e. The number of rotatable bonds is 3. The quantitative estimate of drug-likeness (QED) is 0.792. The molecule has 15 heavy (non-hydrogen) atoms. The van der Waals surface area contributed by atoms with E-state index in [-0.39, 0.29) is 23.4 Å². The number of aromatic hydroxyl groups is 1. The maximum atomic E-state index is 13.1. The number of carboxylic acid groups (broad SMARTS) is 1. The zero-order valence-electron chi connectivity index (χ0n) is 7.43. The van der Waals surface area contributed by atoms with Gasteiger partial charge in [-0.05, 0) is 18.1 Å². The van der Waals surface area contributed by atoms with Gasteiger partial charge in [-0.3, -0.25) is 4.79 Å². The highest BCUT2D eigenvalue weighted by Gasteiger charge is 2.17. The van der Waals surface area contributed by atoms with Crippen LogP contribution in [0.3, 0.4) is 0 Å². The summed E-state index contributed by atoms with van der Waals surface area (Å²) in [7, 11) is 0. The van der Waals surface area contributed by atoms with Crippen LogP contribution in [0.15, 0.2) is 6.07 Å². The van der Waals surface area contributed by atoms with Crippen LogP contribution in [0.5, 0.6) is 5.75 Å². The number of phenolic OH excluding ortho intramolecular Hbond substituents is 1. The van der Waals surface area contributed by atoms with Crippen molar-refractivity contribution in [2.45, 2.75) is 12.8 Å². The third-order valence-corrected chi connectivity index (χ3v) is 2.11. The lowest BCUT2D eigenvalue weighted by atomic mass is 10.1. The first kappa shape index (κ1) is 11.7. The molecule has 0 aliphatic carbocycles. The van der Waals surface area contributed by atoms with Gasteiger partial charge in [0.25, 0.3) is 0 Å². The number of halogens is 3. The molecule has 0 bridgehead atoms. The molecule has 0 aromatic heterocycles. The fraction of sp³-hybridized carbons (Fsp3) is 0.222. The molecule has 6 heteroatoms. The van der Waals surface area contributed by atoms with Crippen LogP contribution >= 0.6 is 11.6 Å². The van der Waals surface area contributed by atoms with Gasteiger partial charge in [-0.1, -0.05) is 11.6 Å². The topological polar surface area (TPSA) is 57.5 Å². The largest absolute Gasteiger partial charge is 0.504 e. The van der Waals surface area contributed by atoms with Crippen molar-refractivity contribution < 1.29 is 23.8 Å². The molecule has 0 atom stereocenters. The van der Waals surface area contributed by atoms with Crippen molar-refractivity contribution in [3.63, 3.8) is 0 Å². The SMILES string of the molecule is O=C(O)CCc1cc(Cl)c(O)c(F)c1F. The van der Waals surface area contributed by atoms with Gasteiger partial charge in [0.1, 0.15) is 0 Å². The fourth-order valence-corrected chi connectivity index (χ4v) is 1.27. The lowest BCUT2D eigenvalue weighted by Gasteiger charge is -2.05. The first-order chi connectivity index (χ1) is 6.93. The Morgan fingerprint density at radius 2 is 2.00 bits per heavy atom. The first-order valence-corrected chi connectivity index (χ1v) is 4.38. The predicted octanol–water partition coefficient (Wildman–Crippen LogP) is 2.34. The second-order valence-corrected chi connectivity index (χ2v) is 3.30. The highest BCUT2D eigenvalue weighted by atomic mass is 35.5. The molecular weight excluding hydrogens is 230 g/mol. The zero-order valence-corrected chi connectivity index (χ0v) is 8.18. The lowest BCUT2D eigenvalue weighted by Crippen LogP contribution is -2.01. The van der Waals surface area contributed by atoms with E-state index < -0.39 is 23.4 Å². The Labute approximate surface area is 88.9 Å². The van der Waals surface area contributed by atoms with E-state index in [0.717, 1.165) is 6.07 Å². The van der Waals surface area contributed by atoms with Gasteiger partial charge in [0.15, 0.2) is 11.6 Å². The van der Waals surface area contributed by atoms with Crippen LogP contribution in [0.1, 0.15) is 12.0 Å². The molecule has 0 radical (unpaired) electrons. The van der Waals surface area contributed by atoms with Gasteiger partial charge < -0.3 is 10.2 Å². The summed E-state index contributed by atoms with van der Waals surface area (Å²) in [4.78, 5) is 10.2. The van der Waals surface area contributed by atoms with Crippen molar-refractivity contribution in [2.24, 2.45) is 0 Å². The summed E-state index contributed by atoms with van der Waals surface area (Å²) in [5.41, 5.74) is -0.169. The van der Waals surface area contributed by atoms with Crippen molar-refractivity contribution in [2.75, 3.05) is 0 Å². The summed E-state index contributed by atoms with van der Waals surface area (Å²) < 4.78 is 26.0. The molecule has 0 heterocycles. The highest BCUT2D eigenvalue weighted by molar-refractivity contribution is 6.32. The maximum Gasteiger partial charge on any atom is 0.303 e. The molecule has 0 aliphatic rings. The van der Waals surface area contributed by atoms with E-state index in [4.69, 9.17) is 21.8 Å². The van der Waals surface area contributed by atoms with Gasteiger partial charge in [-0.15, -0.1) is 0 Å². The molecular formula is C9H7ClF2O3. The van der Waals surface area contributed by atoms with Crippen molar-refractivity contribution in [1.29, 1.82) is 0 Å². The van der Waals surface area contributed by atoms with Crippen LogP contribution < -0.4 is 0 Å². The minimum atomic E-state index is -1.46. The lowest BCUT2D eigenvalue weighted by molar-refractivity contribution is -0.136. The van der Waals surface area contributed by atoms with E-state index in [1.807, 2.05) is 0 Å². The molecule has 1 aromatic carbocycles. The molecule has 0 spiro atoms. The molecule has 1 aromatic rings. The second kappa shape index (κ2) is 4.44. The second-order valence-electron chi connectivity index (χ2n) is 2.89. The van der Waals surface area contributed by atoms with E-state index in [0.29, 0.717) is 0 Å². The monoisotopic (exact) mass is 236 g/mol. The molecule has 0 unspecified atom stereocenters. The van der Waals surface area contributed by atoms with E-state index in [9.17, 15) is 13.6 Å². The molecule has 0 saturated carbocycles. The number of carbonyl (C=O) groups is 1. The van der Waals surface area contributed by atoms with Crippen LogP contribution in [-0.2, 0) is 11.2 Å². The van der Waals surface area contributed by atoms with Gasteiger partial charge in [0.05, 0.1) is 5.02 Å². The molecule has 0 saturated heterocycles. The number of benzene rings is 1. The number of carboxylic acids is 1. The Kier molecular flexibility index (Phi) is 3.47. The maximum absolute atomic E-state index is 13.1. The normalized spacial score (nSPS) is 10.3. The Morgan fingerprint density at radius 3 is 2.53 bits per heavy atom. The molecule has 82 valence electrons. The van der Waals surface area contributed by atoms with E-state index in [2.05, 4.69) is 0 Å². The van der Waals surface area contributed by atoms with Crippen LogP contribution in [0.2, 0.25) is 5.02 Å². The summed E-state index contributed by atoms with van der Waals surface area (Å²) in [6.45, 7) is 0. The van der Waals surface area contributed by atoms with Crippen LogP contribution in [0, 0.1) is 11.6 Å². The number of aryl methyl sites for hydroxylation is 1. The Hall–Kier alpha value is -1.36. The summed E-state index contributed by atoms with van der Waals surface area (Å²) in [5, 5.41) is 16.9. The minimum absolute atomic E-state index is 0.169. The number of hydrogen-bond donors (Lipinski definition) is 2. The van der Waals surface area contributed by atoms with Crippen molar-refractivity contribution >= 4 is 17.6 Å². The third kappa shape index (κ3) is 2.56. The molecule has 2 N–H and O–H groups in total. The average Bonchev–Trinajstić information content (AvgIpc) is 2.18. The van der Waals surface area contributed by atoms with Gasteiger partial charge in [-0.2, -0.15) is 4.39 Å². The minimum Gasteiger partial charge on any atom is -0.504 e. The fourth-order valence-electron chi connectivity index (χ4n) is 1.06. The first-order valence-electron chi connectivity index (χ1n) is 4.00. The Morgan fingerprint density at radius 1 is 1.40 bits per heavy atom. The Bertz CT molecular complexity index is 407. The molecule has 0 fully saturated rings. The van der Waals surface area contributed by atoms with Gasteiger partial charge in [0.2, 0.25) is 5.82 Å². The zero-order chi connectivity index (χ0) is 11.6. The van der Waals surface area contributed by atoms with Crippen molar-refractivity contribution in [3.05, 3.63) is 28.3 Å². The summed E-state index contributed by atoms with van der Waals surface area (Å²) in [6.07, 6.45) is -0.518. The van der Waals surface area contributed by atoms with Crippen LogP contribution in [0.4, 0.5) is 8.78 Å². The van der Waals surface area contributed by atoms with Crippen LogP contribution in [-0.4, -0.2) is 16.2 Å². The van der Waals surface area contributed by atoms with E-state index >= 15 is 0 Å². The molecule has 1 rings (SSSR count). The van der Waals surface area contributed by atoms with E-state index in [1.54, 1.807) is 0 Å². The van der Waals surface area contributed by atoms with Crippen molar-refractivity contribution in [3.8, 4) is 5.75 Å². The third-order valence-electron chi connectivity index (χ3n) is 1.82. The Balaban J connectivity index is 3.04. The van der Waals surface area contributed by atoms with Crippen molar-refractivity contribution in [1.82, 2.24) is 0 Å². The molecule has 0 amide bonds. The standard InChI is InChI=1S/C9H7ClF2O3/c10-5-3-4(1-2-6(13)14)7(11)8(12)9(5)15/h3,15H,1-2H2,(H,13,14). The molecule has 3 nitrogen and oxygen atoms in total. The average molecular weight is 237 g/mol. The predicted molar refractivity (Wildman–Crippen MR) is 49.0 cm³/mol. The van der Waals surface area contributed by atoms with Gasteiger partial charge in [-0.25, -0.2) is 4.39 Å². The highest BCUT2D eigenvalue weighted by Crippen LogP contribution is 2.30. The van der Waals surface area contributed by atoms with E-state index in [1.165, 1.54) is 0 Å². The molecule has 0 aliphatic heterocycles. The number of hydrogen-bond acceptors (Lipinski definition) is 2. The van der Waals surface area contributed by atoms with Gasteiger partial charge >= 0.3 is 5.97 Å². The van der Waals surface area contributed by atoms with Crippen LogP contribution in [0.25, 0.3) is 0 Å². The number of phenols is 1.